The SMILES string of the molecule is COc1ccc(S(=O)(=O)N2CC[NH+](CC(=O)N3CCC(C)CC3)CC2)cc1OC. The average molecular weight is 427 g/mol. The fourth-order valence-electron chi connectivity index (χ4n) is 3.93. The second kappa shape index (κ2) is 9.32. The van der Waals surface area contributed by atoms with E-state index in [0.29, 0.717) is 50.1 Å². The zero-order valence-corrected chi connectivity index (χ0v) is 18.3. The molecule has 0 unspecified atom stereocenters. The lowest BCUT2D eigenvalue weighted by Crippen LogP contribution is -3.15. The van der Waals surface area contributed by atoms with E-state index >= 15 is 0 Å². The summed E-state index contributed by atoms with van der Waals surface area (Å²) in [6, 6.07) is 4.64. The second-order valence-corrected chi connectivity index (χ2v) is 9.85. The quantitative estimate of drug-likeness (QED) is 0.685. The molecule has 2 aliphatic rings. The highest BCUT2D eigenvalue weighted by Crippen LogP contribution is 2.30. The Kier molecular flexibility index (Phi) is 7.02. The summed E-state index contributed by atoms with van der Waals surface area (Å²) in [6.07, 6.45) is 2.14. The van der Waals surface area contributed by atoms with Crippen LogP contribution in [0.5, 0.6) is 11.5 Å². The minimum absolute atomic E-state index is 0.183. The molecule has 0 radical (unpaired) electrons. The fraction of sp³-hybridized carbons (Fsp3) is 0.650. The molecule has 2 heterocycles. The monoisotopic (exact) mass is 426 g/mol. The van der Waals surface area contributed by atoms with Gasteiger partial charge in [0.25, 0.3) is 5.91 Å². The molecule has 162 valence electrons. The summed E-state index contributed by atoms with van der Waals surface area (Å²) in [5, 5.41) is 0. The van der Waals surface area contributed by atoms with E-state index in [-0.39, 0.29) is 10.8 Å². The number of nitrogens with zero attached hydrogens (tertiary/aromatic N) is 2. The van der Waals surface area contributed by atoms with Crippen molar-refractivity contribution in [2.24, 2.45) is 5.92 Å². The van der Waals surface area contributed by atoms with Gasteiger partial charge >= 0.3 is 0 Å². The summed E-state index contributed by atoms with van der Waals surface area (Å²) in [5.74, 6) is 1.76. The van der Waals surface area contributed by atoms with E-state index in [2.05, 4.69) is 6.92 Å². The highest BCUT2D eigenvalue weighted by atomic mass is 32.2. The van der Waals surface area contributed by atoms with Crippen LogP contribution in [0.1, 0.15) is 19.8 Å². The summed E-state index contributed by atoms with van der Waals surface area (Å²) < 4.78 is 37.9. The van der Waals surface area contributed by atoms with Gasteiger partial charge in [-0.15, -0.1) is 0 Å². The summed E-state index contributed by atoms with van der Waals surface area (Å²) in [4.78, 5) is 15.8. The van der Waals surface area contributed by atoms with Crippen LogP contribution in [0, 0.1) is 5.92 Å². The smallest absolute Gasteiger partial charge is 0.277 e. The number of quaternary nitrogens is 1. The van der Waals surface area contributed by atoms with E-state index in [1.807, 2.05) is 4.90 Å². The molecule has 0 bridgehead atoms. The Morgan fingerprint density at radius 2 is 1.69 bits per heavy atom. The van der Waals surface area contributed by atoms with E-state index < -0.39 is 10.0 Å². The number of piperidine rings is 1. The Hall–Kier alpha value is -1.84. The van der Waals surface area contributed by atoms with Crippen molar-refractivity contribution in [3.05, 3.63) is 18.2 Å². The average Bonchev–Trinajstić information content (AvgIpc) is 2.74. The van der Waals surface area contributed by atoms with Gasteiger partial charge in [-0.05, 0) is 30.9 Å². The molecule has 2 saturated heterocycles. The minimum atomic E-state index is -3.61. The van der Waals surface area contributed by atoms with Crippen molar-refractivity contribution in [2.75, 3.05) is 60.0 Å². The van der Waals surface area contributed by atoms with Crippen LogP contribution in [0.2, 0.25) is 0 Å². The number of hydrogen-bond donors (Lipinski definition) is 1. The topological polar surface area (TPSA) is 80.6 Å². The Bertz CT molecular complexity index is 813. The molecular weight excluding hydrogens is 394 g/mol. The number of nitrogens with one attached hydrogen (secondary N) is 1. The number of benzene rings is 1. The Morgan fingerprint density at radius 1 is 1.07 bits per heavy atom. The summed E-state index contributed by atoms with van der Waals surface area (Å²) in [7, 11) is -0.613. The van der Waals surface area contributed by atoms with E-state index in [1.54, 1.807) is 6.07 Å². The van der Waals surface area contributed by atoms with Crippen LogP contribution in [0.4, 0.5) is 0 Å². The molecule has 2 fully saturated rings. The molecule has 0 aliphatic carbocycles. The number of hydrogen-bond acceptors (Lipinski definition) is 5. The first-order chi connectivity index (χ1) is 13.8. The summed E-state index contributed by atoms with van der Waals surface area (Å²) in [6.45, 7) is 6.40. The lowest BCUT2D eigenvalue weighted by atomic mass is 9.99. The predicted octanol–water partition coefficient (Wildman–Crippen LogP) is -0.148. The molecule has 1 N–H and O–H groups in total. The van der Waals surface area contributed by atoms with Crippen LogP contribution >= 0.6 is 0 Å². The molecule has 0 aromatic heterocycles. The number of likely N-dealkylation sites (tertiary alicyclic amines) is 1. The van der Waals surface area contributed by atoms with Crippen LogP contribution in [-0.4, -0.2) is 83.6 Å². The van der Waals surface area contributed by atoms with E-state index in [4.69, 9.17) is 9.47 Å². The van der Waals surface area contributed by atoms with Gasteiger partial charge in [0.05, 0.1) is 45.3 Å². The van der Waals surface area contributed by atoms with E-state index in [1.165, 1.54) is 30.7 Å². The summed E-state index contributed by atoms with van der Waals surface area (Å²) in [5.41, 5.74) is 0. The van der Waals surface area contributed by atoms with Gasteiger partial charge in [0.15, 0.2) is 18.0 Å². The second-order valence-electron chi connectivity index (χ2n) is 7.91. The van der Waals surface area contributed by atoms with E-state index in [0.717, 1.165) is 30.8 Å². The normalized spacial score (nSPS) is 19.9. The van der Waals surface area contributed by atoms with Crippen molar-refractivity contribution in [1.82, 2.24) is 9.21 Å². The maximum Gasteiger partial charge on any atom is 0.277 e. The first-order valence-corrected chi connectivity index (χ1v) is 11.6. The molecule has 29 heavy (non-hydrogen) atoms. The third kappa shape index (κ3) is 5.02. The molecule has 2 aliphatic heterocycles. The van der Waals surface area contributed by atoms with Crippen LogP contribution in [0.15, 0.2) is 23.1 Å². The highest BCUT2D eigenvalue weighted by molar-refractivity contribution is 7.89. The number of carbonyl (C=O) groups is 1. The number of sulfonamides is 1. The van der Waals surface area contributed by atoms with E-state index in [9.17, 15) is 13.2 Å². The van der Waals surface area contributed by atoms with Crippen LogP contribution in [0.3, 0.4) is 0 Å². The number of ether oxygens (including phenoxy) is 2. The number of piperazine rings is 1. The molecule has 1 aromatic rings. The van der Waals surface area contributed by atoms with Crippen molar-refractivity contribution < 1.29 is 27.6 Å². The van der Waals surface area contributed by atoms with Gasteiger partial charge in [-0.1, -0.05) is 6.92 Å². The zero-order chi connectivity index (χ0) is 21.0. The van der Waals surface area contributed by atoms with Gasteiger partial charge in [0.2, 0.25) is 10.0 Å². The Morgan fingerprint density at radius 3 is 2.28 bits per heavy atom. The van der Waals surface area contributed by atoms with Gasteiger partial charge in [-0.3, -0.25) is 4.79 Å². The first-order valence-electron chi connectivity index (χ1n) is 10.2. The zero-order valence-electron chi connectivity index (χ0n) is 17.5. The maximum atomic E-state index is 13.0. The van der Waals surface area contributed by atoms with Crippen LogP contribution in [0.25, 0.3) is 0 Å². The van der Waals surface area contributed by atoms with Crippen molar-refractivity contribution in [2.45, 2.75) is 24.7 Å². The van der Waals surface area contributed by atoms with Gasteiger partial charge in [0, 0.05) is 19.2 Å². The van der Waals surface area contributed by atoms with Crippen molar-refractivity contribution in [3.63, 3.8) is 0 Å². The Labute approximate surface area is 173 Å². The highest BCUT2D eigenvalue weighted by Gasteiger charge is 2.32. The fourth-order valence-corrected chi connectivity index (χ4v) is 5.39. The molecule has 1 aromatic carbocycles. The molecule has 0 spiro atoms. The molecule has 9 heteroatoms. The molecular formula is C20H32N3O5S+. The maximum absolute atomic E-state index is 13.0. The molecule has 3 rings (SSSR count). The third-order valence-electron chi connectivity index (χ3n) is 5.96. The molecule has 1 amide bonds. The predicted molar refractivity (Wildman–Crippen MR) is 109 cm³/mol. The lowest BCUT2D eigenvalue weighted by molar-refractivity contribution is -0.896. The number of methoxy groups -OCH3 is 2. The van der Waals surface area contributed by atoms with Crippen molar-refractivity contribution >= 4 is 15.9 Å². The van der Waals surface area contributed by atoms with Gasteiger partial charge in [-0.2, -0.15) is 4.31 Å². The first kappa shape index (κ1) is 21.9. The number of amides is 1. The van der Waals surface area contributed by atoms with Crippen LogP contribution < -0.4 is 14.4 Å². The molecule has 8 nitrogen and oxygen atoms in total. The number of carbonyl (C=O) groups excluding carboxylic acids is 1. The molecule has 0 saturated carbocycles. The van der Waals surface area contributed by atoms with Gasteiger partial charge < -0.3 is 19.3 Å². The van der Waals surface area contributed by atoms with Crippen molar-refractivity contribution in [3.8, 4) is 11.5 Å². The summed E-state index contributed by atoms with van der Waals surface area (Å²) >= 11 is 0. The van der Waals surface area contributed by atoms with Gasteiger partial charge in [0.1, 0.15) is 0 Å². The third-order valence-corrected chi connectivity index (χ3v) is 7.85. The number of rotatable bonds is 6. The minimum Gasteiger partial charge on any atom is -0.493 e. The largest absolute Gasteiger partial charge is 0.493 e. The Balaban J connectivity index is 1.57. The standard InChI is InChI=1S/C20H31N3O5S/c1-16-6-8-22(9-7-16)20(24)15-21-10-12-23(13-11-21)29(25,26)17-4-5-18(27-2)19(14-17)28-3/h4-5,14,16H,6-13,15H2,1-3H3/p+1. The van der Waals surface area contributed by atoms with Crippen LogP contribution in [-0.2, 0) is 14.8 Å². The molecule has 0 atom stereocenters. The lowest BCUT2D eigenvalue weighted by Gasteiger charge is -2.34. The van der Waals surface area contributed by atoms with Crippen molar-refractivity contribution in [1.29, 1.82) is 0 Å². The van der Waals surface area contributed by atoms with Gasteiger partial charge in [-0.25, -0.2) is 8.42 Å².